The van der Waals surface area contributed by atoms with E-state index in [-0.39, 0.29) is 12.1 Å². The van der Waals surface area contributed by atoms with Crippen molar-refractivity contribution in [1.82, 2.24) is 29.9 Å². The van der Waals surface area contributed by atoms with Gasteiger partial charge in [-0.05, 0) is 25.1 Å². The van der Waals surface area contributed by atoms with Gasteiger partial charge < -0.3 is 15.0 Å². The SMILES string of the molecule is Cc1cc2n(n1)CCN(C(=O)NC[C@H](c1ccccn1)N1CCOCC1)C2. The van der Waals surface area contributed by atoms with Crippen LogP contribution in [0.3, 0.4) is 0 Å². The van der Waals surface area contributed by atoms with E-state index >= 15 is 0 Å². The summed E-state index contributed by atoms with van der Waals surface area (Å²) in [4.78, 5) is 21.5. The molecule has 2 aliphatic heterocycles. The molecule has 2 aromatic rings. The van der Waals surface area contributed by atoms with Crippen LogP contribution in [0.1, 0.15) is 23.1 Å². The number of hydrogen-bond acceptors (Lipinski definition) is 5. The van der Waals surface area contributed by atoms with Crippen molar-refractivity contribution >= 4 is 6.03 Å². The predicted octanol–water partition coefficient (Wildman–Crippen LogP) is 1.19. The largest absolute Gasteiger partial charge is 0.379 e. The molecule has 144 valence electrons. The molecule has 8 nitrogen and oxygen atoms in total. The number of hydrogen-bond donors (Lipinski definition) is 1. The average molecular weight is 370 g/mol. The van der Waals surface area contributed by atoms with Gasteiger partial charge in [-0.1, -0.05) is 6.07 Å². The predicted molar refractivity (Wildman–Crippen MR) is 100 cm³/mol. The summed E-state index contributed by atoms with van der Waals surface area (Å²) in [5.41, 5.74) is 3.06. The molecular weight excluding hydrogens is 344 g/mol. The minimum absolute atomic E-state index is 0.0331. The topological polar surface area (TPSA) is 75.5 Å². The fourth-order valence-electron chi connectivity index (χ4n) is 3.76. The van der Waals surface area contributed by atoms with E-state index < -0.39 is 0 Å². The highest BCUT2D eigenvalue weighted by Crippen LogP contribution is 2.20. The Morgan fingerprint density at radius 3 is 2.89 bits per heavy atom. The van der Waals surface area contributed by atoms with Gasteiger partial charge in [0, 0.05) is 32.4 Å². The first kappa shape index (κ1) is 17.9. The molecule has 0 saturated carbocycles. The van der Waals surface area contributed by atoms with Crippen LogP contribution in [0.15, 0.2) is 30.5 Å². The van der Waals surface area contributed by atoms with E-state index in [1.54, 1.807) is 6.20 Å². The summed E-state index contributed by atoms with van der Waals surface area (Å²) in [7, 11) is 0. The van der Waals surface area contributed by atoms with Crippen molar-refractivity contribution < 1.29 is 9.53 Å². The van der Waals surface area contributed by atoms with Crippen LogP contribution in [0, 0.1) is 6.92 Å². The monoisotopic (exact) mass is 370 g/mol. The van der Waals surface area contributed by atoms with Gasteiger partial charge in [-0.25, -0.2) is 4.79 Å². The highest BCUT2D eigenvalue weighted by atomic mass is 16.5. The summed E-state index contributed by atoms with van der Waals surface area (Å²) < 4.78 is 7.47. The zero-order valence-corrected chi connectivity index (χ0v) is 15.7. The van der Waals surface area contributed by atoms with Crippen molar-refractivity contribution in [3.05, 3.63) is 47.5 Å². The number of carbonyl (C=O) groups is 1. The maximum absolute atomic E-state index is 12.8. The van der Waals surface area contributed by atoms with Gasteiger partial charge in [0.2, 0.25) is 0 Å². The average Bonchev–Trinajstić information content (AvgIpc) is 3.09. The lowest BCUT2D eigenvalue weighted by molar-refractivity contribution is 0.0155. The van der Waals surface area contributed by atoms with E-state index in [9.17, 15) is 4.79 Å². The smallest absolute Gasteiger partial charge is 0.317 e. The second-order valence-corrected chi connectivity index (χ2v) is 7.03. The lowest BCUT2D eigenvalue weighted by Gasteiger charge is -2.35. The Morgan fingerprint density at radius 2 is 2.11 bits per heavy atom. The van der Waals surface area contributed by atoms with Crippen molar-refractivity contribution in [1.29, 1.82) is 0 Å². The van der Waals surface area contributed by atoms with Crippen LogP contribution in [0.4, 0.5) is 4.79 Å². The van der Waals surface area contributed by atoms with Crippen molar-refractivity contribution in [3.8, 4) is 0 Å². The Morgan fingerprint density at radius 1 is 1.26 bits per heavy atom. The molecule has 1 atom stereocenters. The van der Waals surface area contributed by atoms with Crippen LogP contribution in [-0.2, 0) is 17.8 Å². The number of nitrogens with zero attached hydrogens (tertiary/aromatic N) is 5. The number of rotatable bonds is 4. The normalized spacial score (nSPS) is 18.8. The number of carbonyl (C=O) groups excluding carboxylic acids is 1. The second-order valence-electron chi connectivity index (χ2n) is 7.03. The van der Waals surface area contributed by atoms with E-state index in [0.717, 1.165) is 36.7 Å². The van der Waals surface area contributed by atoms with Crippen LogP contribution in [0.5, 0.6) is 0 Å². The lowest BCUT2D eigenvalue weighted by Crippen LogP contribution is -2.48. The fourth-order valence-corrected chi connectivity index (χ4v) is 3.76. The number of ether oxygens (including phenoxy) is 1. The summed E-state index contributed by atoms with van der Waals surface area (Å²) in [5.74, 6) is 0. The Kier molecular flexibility index (Phi) is 5.35. The van der Waals surface area contributed by atoms with Crippen molar-refractivity contribution in [3.63, 3.8) is 0 Å². The first-order valence-corrected chi connectivity index (χ1v) is 9.49. The van der Waals surface area contributed by atoms with Gasteiger partial charge in [0.1, 0.15) is 0 Å². The second kappa shape index (κ2) is 8.06. The van der Waals surface area contributed by atoms with Crippen molar-refractivity contribution in [2.24, 2.45) is 0 Å². The molecule has 2 aromatic heterocycles. The third-order valence-corrected chi connectivity index (χ3v) is 5.17. The number of nitrogens with one attached hydrogen (secondary N) is 1. The molecule has 0 aromatic carbocycles. The maximum atomic E-state index is 12.8. The number of pyridine rings is 1. The van der Waals surface area contributed by atoms with Crippen molar-refractivity contribution in [2.45, 2.75) is 26.1 Å². The molecule has 27 heavy (non-hydrogen) atoms. The van der Waals surface area contributed by atoms with E-state index in [0.29, 0.717) is 32.8 Å². The summed E-state index contributed by atoms with van der Waals surface area (Å²) >= 11 is 0. The summed E-state index contributed by atoms with van der Waals surface area (Å²) in [6, 6.07) is 7.99. The molecule has 1 fully saturated rings. The molecule has 8 heteroatoms. The highest BCUT2D eigenvalue weighted by molar-refractivity contribution is 5.74. The molecule has 0 aliphatic carbocycles. The molecule has 0 spiro atoms. The Hall–Kier alpha value is -2.45. The highest BCUT2D eigenvalue weighted by Gasteiger charge is 2.26. The van der Waals surface area contributed by atoms with Crippen LogP contribution in [-0.4, -0.2) is 70.0 Å². The number of morpholine rings is 1. The molecule has 0 bridgehead atoms. The molecule has 4 heterocycles. The molecule has 1 N–H and O–H groups in total. The minimum Gasteiger partial charge on any atom is -0.379 e. The molecule has 1 saturated heterocycles. The fraction of sp³-hybridized carbons (Fsp3) is 0.526. The molecule has 2 amide bonds. The third kappa shape index (κ3) is 4.12. The number of aromatic nitrogens is 3. The van der Waals surface area contributed by atoms with E-state index in [2.05, 4.69) is 20.3 Å². The van der Waals surface area contributed by atoms with Gasteiger partial charge in [-0.15, -0.1) is 0 Å². The summed E-state index contributed by atoms with van der Waals surface area (Å²) in [5, 5.41) is 7.57. The van der Waals surface area contributed by atoms with Crippen LogP contribution in [0.2, 0.25) is 0 Å². The lowest BCUT2D eigenvalue weighted by atomic mass is 10.1. The van der Waals surface area contributed by atoms with E-state index in [1.165, 1.54) is 0 Å². The van der Waals surface area contributed by atoms with Gasteiger partial charge in [0.25, 0.3) is 0 Å². The first-order chi connectivity index (χ1) is 13.2. The van der Waals surface area contributed by atoms with Crippen molar-refractivity contribution in [2.75, 3.05) is 39.4 Å². The summed E-state index contributed by atoms with van der Waals surface area (Å²) in [6.07, 6.45) is 1.80. The van der Waals surface area contributed by atoms with E-state index in [4.69, 9.17) is 4.74 Å². The molecule has 0 unspecified atom stereocenters. The van der Waals surface area contributed by atoms with Crippen LogP contribution in [0.25, 0.3) is 0 Å². The maximum Gasteiger partial charge on any atom is 0.317 e. The zero-order chi connectivity index (χ0) is 18.6. The van der Waals surface area contributed by atoms with Gasteiger partial charge in [0.05, 0.1) is 49.4 Å². The quantitative estimate of drug-likeness (QED) is 0.875. The Balaban J connectivity index is 1.40. The minimum atomic E-state index is -0.0331. The Bertz CT molecular complexity index is 772. The zero-order valence-electron chi connectivity index (χ0n) is 15.7. The number of amides is 2. The van der Waals surface area contributed by atoms with E-state index in [1.807, 2.05) is 40.8 Å². The Labute approximate surface area is 159 Å². The number of aryl methyl sites for hydroxylation is 1. The number of urea groups is 1. The standard InChI is InChI=1S/C19H26N6O2/c1-15-12-16-14-24(6-7-25(16)22-15)19(26)21-13-18(17-4-2-3-5-20-17)23-8-10-27-11-9-23/h2-5,12,18H,6-11,13-14H2,1H3,(H,21,26)/t18-/m1/s1. The van der Waals surface area contributed by atoms with Gasteiger partial charge >= 0.3 is 6.03 Å². The van der Waals surface area contributed by atoms with Gasteiger partial charge in [-0.3, -0.25) is 14.6 Å². The molecule has 4 rings (SSSR count). The van der Waals surface area contributed by atoms with Crippen LogP contribution < -0.4 is 5.32 Å². The van der Waals surface area contributed by atoms with Gasteiger partial charge in [-0.2, -0.15) is 5.10 Å². The molecule has 2 aliphatic rings. The summed E-state index contributed by atoms with van der Waals surface area (Å²) in [6.45, 7) is 7.65. The third-order valence-electron chi connectivity index (χ3n) is 5.17. The molecular formula is C19H26N6O2. The number of fused-ring (bicyclic) bond motifs is 1. The first-order valence-electron chi connectivity index (χ1n) is 9.49. The van der Waals surface area contributed by atoms with Gasteiger partial charge in [0.15, 0.2) is 0 Å². The molecule has 0 radical (unpaired) electrons. The van der Waals surface area contributed by atoms with Crippen LogP contribution >= 0.6 is 0 Å².